The first-order chi connectivity index (χ1) is 8.76. The van der Waals surface area contributed by atoms with E-state index in [9.17, 15) is 4.79 Å². The smallest absolute Gasteiger partial charge is 0.271 e. The van der Waals surface area contributed by atoms with Gasteiger partial charge in [-0.05, 0) is 31.4 Å². The summed E-state index contributed by atoms with van der Waals surface area (Å²) in [5.41, 5.74) is 0.326. The van der Waals surface area contributed by atoms with Gasteiger partial charge in [0.15, 0.2) is 5.69 Å². The van der Waals surface area contributed by atoms with Crippen molar-refractivity contribution >= 4 is 11.7 Å². The zero-order chi connectivity index (χ0) is 12.5. The second-order valence-electron chi connectivity index (χ2n) is 4.74. The zero-order valence-corrected chi connectivity index (χ0v) is 10.2. The minimum Gasteiger partial charge on any atom is -0.373 e. The van der Waals surface area contributed by atoms with Crippen LogP contribution in [0.4, 0.5) is 5.82 Å². The van der Waals surface area contributed by atoms with E-state index in [1.807, 2.05) is 0 Å². The third-order valence-corrected chi connectivity index (χ3v) is 3.56. The van der Waals surface area contributed by atoms with Crippen molar-refractivity contribution in [3.8, 4) is 0 Å². The van der Waals surface area contributed by atoms with Crippen molar-refractivity contribution in [2.75, 3.05) is 12.4 Å². The molecule has 18 heavy (non-hydrogen) atoms. The molecular weight excluding hydrogens is 232 g/mol. The molecule has 2 fully saturated rings. The van der Waals surface area contributed by atoms with Crippen LogP contribution >= 0.6 is 0 Å². The SMILES string of the molecule is CNC(=O)c1ccc(NC2CC3CCC2O3)nn1. The molecular formula is C12H16N4O2. The number of anilines is 1. The standard InChI is InChI=1S/C12H16N4O2/c1-13-12(17)8-3-5-11(16-15-8)14-9-6-7-2-4-10(9)18-7/h3,5,7,9-10H,2,4,6H2,1H3,(H,13,17)(H,14,16). The Hall–Kier alpha value is -1.69. The number of nitrogens with one attached hydrogen (secondary N) is 2. The van der Waals surface area contributed by atoms with Crippen LogP contribution in [-0.2, 0) is 4.74 Å². The Bertz CT molecular complexity index is 448. The summed E-state index contributed by atoms with van der Waals surface area (Å²) in [6, 6.07) is 3.77. The molecule has 0 aliphatic carbocycles. The Morgan fingerprint density at radius 3 is 2.83 bits per heavy atom. The van der Waals surface area contributed by atoms with Crippen LogP contribution in [-0.4, -0.2) is 41.4 Å². The molecule has 0 radical (unpaired) electrons. The highest BCUT2D eigenvalue weighted by Crippen LogP contribution is 2.35. The molecule has 1 aromatic rings. The van der Waals surface area contributed by atoms with Crippen molar-refractivity contribution in [2.45, 2.75) is 37.5 Å². The fourth-order valence-corrected chi connectivity index (χ4v) is 2.64. The Labute approximate surface area is 105 Å². The lowest BCUT2D eigenvalue weighted by Gasteiger charge is -2.20. The van der Waals surface area contributed by atoms with Crippen LogP contribution in [0.15, 0.2) is 12.1 Å². The van der Waals surface area contributed by atoms with Gasteiger partial charge in [0, 0.05) is 7.05 Å². The van der Waals surface area contributed by atoms with Crippen LogP contribution in [0.3, 0.4) is 0 Å². The first-order valence-electron chi connectivity index (χ1n) is 6.24. The fourth-order valence-electron chi connectivity index (χ4n) is 2.64. The molecule has 0 saturated carbocycles. The normalized spacial score (nSPS) is 29.3. The third-order valence-electron chi connectivity index (χ3n) is 3.56. The minimum absolute atomic E-state index is 0.225. The van der Waals surface area contributed by atoms with Gasteiger partial charge in [-0.15, -0.1) is 10.2 Å². The van der Waals surface area contributed by atoms with Gasteiger partial charge in [0.2, 0.25) is 0 Å². The predicted octanol–water partition coefficient (Wildman–Crippen LogP) is 0.568. The van der Waals surface area contributed by atoms with Crippen LogP contribution in [0, 0.1) is 0 Å². The Morgan fingerprint density at radius 1 is 1.39 bits per heavy atom. The molecule has 2 N–H and O–H groups in total. The third kappa shape index (κ3) is 2.03. The number of hydrogen-bond donors (Lipinski definition) is 2. The van der Waals surface area contributed by atoms with Crippen LogP contribution in [0.25, 0.3) is 0 Å². The van der Waals surface area contributed by atoms with Gasteiger partial charge in [0.1, 0.15) is 5.82 Å². The van der Waals surface area contributed by atoms with Crippen molar-refractivity contribution in [3.63, 3.8) is 0 Å². The van der Waals surface area contributed by atoms with E-state index < -0.39 is 0 Å². The van der Waals surface area contributed by atoms with Crippen molar-refractivity contribution in [1.29, 1.82) is 0 Å². The van der Waals surface area contributed by atoms with E-state index in [1.54, 1.807) is 19.2 Å². The lowest BCUT2D eigenvalue weighted by molar-refractivity contribution is 0.0956. The van der Waals surface area contributed by atoms with E-state index in [1.165, 1.54) is 6.42 Å². The van der Waals surface area contributed by atoms with E-state index >= 15 is 0 Å². The van der Waals surface area contributed by atoms with Crippen LogP contribution in [0.1, 0.15) is 29.8 Å². The Morgan fingerprint density at radius 2 is 2.28 bits per heavy atom. The second kappa shape index (κ2) is 4.53. The summed E-state index contributed by atoms with van der Waals surface area (Å²) < 4.78 is 5.76. The van der Waals surface area contributed by atoms with Crippen molar-refractivity contribution < 1.29 is 9.53 Å². The van der Waals surface area contributed by atoms with Gasteiger partial charge in [-0.25, -0.2) is 0 Å². The molecule has 0 aromatic carbocycles. The number of fused-ring (bicyclic) bond motifs is 2. The van der Waals surface area contributed by atoms with Crippen molar-refractivity contribution in [1.82, 2.24) is 15.5 Å². The van der Waals surface area contributed by atoms with E-state index in [0.29, 0.717) is 29.8 Å². The number of aromatic nitrogens is 2. The van der Waals surface area contributed by atoms with E-state index in [-0.39, 0.29) is 5.91 Å². The average Bonchev–Trinajstić information content (AvgIpc) is 3.01. The van der Waals surface area contributed by atoms with Gasteiger partial charge in [-0.3, -0.25) is 4.79 Å². The Kier molecular flexibility index (Phi) is 2.87. The highest BCUT2D eigenvalue weighted by Gasteiger charge is 2.40. The molecule has 2 bridgehead atoms. The predicted molar refractivity (Wildman–Crippen MR) is 65.3 cm³/mol. The number of amides is 1. The molecule has 2 aliphatic rings. The van der Waals surface area contributed by atoms with Gasteiger partial charge < -0.3 is 15.4 Å². The molecule has 6 nitrogen and oxygen atoms in total. The van der Waals surface area contributed by atoms with Gasteiger partial charge in [-0.2, -0.15) is 0 Å². The van der Waals surface area contributed by atoms with Crippen LogP contribution in [0.2, 0.25) is 0 Å². The molecule has 2 saturated heterocycles. The lowest BCUT2D eigenvalue weighted by Crippen LogP contribution is -2.31. The number of hydrogen-bond acceptors (Lipinski definition) is 5. The summed E-state index contributed by atoms with van der Waals surface area (Å²) in [7, 11) is 1.57. The maximum Gasteiger partial charge on any atom is 0.271 e. The minimum atomic E-state index is -0.225. The number of ether oxygens (including phenoxy) is 1. The maximum atomic E-state index is 11.3. The molecule has 1 amide bonds. The number of rotatable bonds is 3. The fraction of sp³-hybridized carbons (Fsp3) is 0.583. The monoisotopic (exact) mass is 248 g/mol. The lowest BCUT2D eigenvalue weighted by atomic mass is 9.95. The van der Waals surface area contributed by atoms with E-state index in [4.69, 9.17) is 4.74 Å². The van der Waals surface area contributed by atoms with Crippen molar-refractivity contribution in [2.24, 2.45) is 0 Å². The molecule has 2 aliphatic heterocycles. The highest BCUT2D eigenvalue weighted by atomic mass is 16.5. The molecule has 0 spiro atoms. The highest BCUT2D eigenvalue weighted by molar-refractivity contribution is 5.91. The number of nitrogens with zero attached hydrogens (tertiary/aromatic N) is 2. The van der Waals surface area contributed by atoms with Crippen LogP contribution < -0.4 is 10.6 Å². The van der Waals surface area contributed by atoms with Crippen LogP contribution in [0.5, 0.6) is 0 Å². The first kappa shape index (κ1) is 11.4. The summed E-state index contributed by atoms with van der Waals surface area (Å²) in [6.07, 6.45) is 4.03. The first-order valence-corrected chi connectivity index (χ1v) is 6.24. The number of carbonyl (C=O) groups is 1. The van der Waals surface area contributed by atoms with E-state index in [2.05, 4.69) is 20.8 Å². The maximum absolute atomic E-state index is 11.3. The summed E-state index contributed by atoms with van der Waals surface area (Å²) in [6.45, 7) is 0. The van der Waals surface area contributed by atoms with Gasteiger partial charge in [0.25, 0.3) is 5.91 Å². The number of carbonyl (C=O) groups excluding carboxylic acids is 1. The topological polar surface area (TPSA) is 76.1 Å². The molecule has 6 heteroatoms. The second-order valence-corrected chi connectivity index (χ2v) is 4.74. The summed E-state index contributed by atoms with van der Waals surface area (Å²) in [5, 5.41) is 13.7. The van der Waals surface area contributed by atoms with E-state index in [0.717, 1.165) is 12.8 Å². The largest absolute Gasteiger partial charge is 0.373 e. The zero-order valence-electron chi connectivity index (χ0n) is 10.2. The summed E-state index contributed by atoms with van der Waals surface area (Å²) >= 11 is 0. The summed E-state index contributed by atoms with van der Waals surface area (Å²) in [4.78, 5) is 11.3. The van der Waals surface area contributed by atoms with Gasteiger partial charge in [0.05, 0.1) is 18.2 Å². The molecule has 3 unspecified atom stereocenters. The average molecular weight is 248 g/mol. The van der Waals surface area contributed by atoms with Crippen molar-refractivity contribution in [3.05, 3.63) is 17.8 Å². The molecule has 1 aromatic heterocycles. The molecule has 3 heterocycles. The molecule has 3 atom stereocenters. The van der Waals surface area contributed by atoms with Gasteiger partial charge >= 0.3 is 0 Å². The summed E-state index contributed by atoms with van der Waals surface area (Å²) in [5.74, 6) is 0.473. The quantitative estimate of drug-likeness (QED) is 0.817. The molecule has 3 rings (SSSR count). The Balaban J connectivity index is 1.65. The van der Waals surface area contributed by atoms with Gasteiger partial charge in [-0.1, -0.05) is 0 Å². The molecule has 96 valence electrons.